The van der Waals surface area contributed by atoms with Gasteiger partial charge in [-0.1, -0.05) is 42.5 Å². The molecule has 0 saturated carbocycles. The molecule has 8 nitrogen and oxygen atoms in total. The fourth-order valence-electron chi connectivity index (χ4n) is 3.65. The number of anilines is 1. The van der Waals surface area contributed by atoms with Crippen LogP contribution in [-0.4, -0.2) is 39.5 Å². The van der Waals surface area contributed by atoms with Crippen molar-refractivity contribution in [3.8, 4) is 0 Å². The summed E-state index contributed by atoms with van der Waals surface area (Å²) < 4.78 is 0. The van der Waals surface area contributed by atoms with Gasteiger partial charge in [0, 0.05) is 6.42 Å². The molecule has 4 amide bonds. The van der Waals surface area contributed by atoms with Crippen LogP contribution in [0, 0.1) is 0 Å². The van der Waals surface area contributed by atoms with Crippen LogP contribution in [0.5, 0.6) is 0 Å². The molecular weight excluding hydrogens is 366 g/mol. The number of fused-ring (bicyclic) bond motifs is 2. The molecule has 1 aromatic carbocycles. The van der Waals surface area contributed by atoms with E-state index in [0.717, 1.165) is 33.9 Å². The minimum atomic E-state index is -1.05. The molecule has 1 atom stereocenters. The molecule has 2 heterocycles. The van der Waals surface area contributed by atoms with Crippen molar-refractivity contribution in [1.82, 2.24) is 20.4 Å². The average molecular weight is 385 g/mol. The minimum absolute atomic E-state index is 0.350. The van der Waals surface area contributed by atoms with Crippen LogP contribution in [0.1, 0.15) is 35.9 Å². The number of hydrogen-bond donors (Lipinski definition) is 2. The van der Waals surface area contributed by atoms with Gasteiger partial charge >= 0.3 is 6.03 Å². The lowest BCUT2D eigenvalue weighted by atomic mass is 9.92. The van der Waals surface area contributed by atoms with Crippen molar-refractivity contribution in [2.24, 2.45) is 0 Å². The van der Waals surface area contributed by atoms with Gasteiger partial charge in [0.15, 0.2) is 0 Å². The van der Waals surface area contributed by atoms with E-state index in [0.29, 0.717) is 18.0 Å². The summed E-state index contributed by atoms with van der Waals surface area (Å²) in [5.74, 6) is -0.849. The first-order valence-electron chi connectivity index (χ1n) is 8.88. The number of imide groups is 1. The summed E-state index contributed by atoms with van der Waals surface area (Å²) in [6.07, 6.45) is 2.95. The average Bonchev–Trinajstić information content (AvgIpc) is 3.30. The fourth-order valence-corrected chi connectivity index (χ4v) is 4.51. The Balaban J connectivity index is 1.47. The molecule has 9 heteroatoms. The van der Waals surface area contributed by atoms with Crippen molar-refractivity contribution in [2.45, 2.75) is 38.1 Å². The molecule has 4 rings (SSSR count). The van der Waals surface area contributed by atoms with Gasteiger partial charge in [0.25, 0.3) is 5.91 Å². The number of rotatable bonds is 5. The largest absolute Gasteiger partial charge is 0.325 e. The van der Waals surface area contributed by atoms with Gasteiger partial charge in [0.1, 0.15) is 17.1 Å². The highest BCUT2D eigenvalue weighted by Crippen LogP contribution is 2.41. The van der Waals surface area contributed by atoms with E-state index in [4.69, 9.17) is 0 Å². The van der Waals surface area contributed by atoms with Gasteiger partial charge < -0.3 is 5.32 Å². The molecule has 27 heavy (non-hydrogen) atoms. The topological polar surface area (TPSA) is 104 Å². The first kappa shape index (κ1) is 17.6. The Bertz CT molecular complexity index is 927. The molecule has 0 radical (unpaired) electrons. The maximum Gasteiger partial charge on any atom is 0.325 e. The number of carbonyl (C=O) groups is 3. The molecule has 1 aliphatic heterocycles. The first-order chi connectivity index (χ1) is 13.0. The van der Waals surface area contributed by atoms with Crippen LogP contribution in [0.4, 0.5) is 9.93 Å². The Morgan fingerprint density at radius 2 is 2.15 bits per heavy atom. The Labute approximate surface area is 160 Å². The number of urea groups is 1. The van der Waals surface area contributed by atoms with E-state index in [1.807, 2.05) is 31.2 Å². The van der Waals surface area contributed by atoms with Gasteiger partial charge in [-0.25, -0.2) is 4.79 Å². The molecule has 1 aromatic heterocycles. The third-order valence-corrected chi connectivity index (χ3v) is 5.80. The highest BCUT2D eigenvalue weighted by atomic mass is 32.1. The lowest BCUT2D eigenvalue weighted by Gasteiger charge is -2.22. The van der Waals surface area contributed by atoms with E-state index in [9.17, 15) is 14.4 Å². The van der Waals surface area contributed by atoms with E-state index in [1.54, 1.807) is 0 Å². The molecule has 1 spiro atoms. The normalized spacial score (nSPS) is 20.9. The highest BCUT2D eigenvalue weighted by molar-refractivity contribution is 7.15. The lowest BCUT2D eigenvalue weighted by molar-refractivity contribution is -0.134. The zero-order valence-corrected chi connectivity index (χ0v) is 15.6. The predicted octanol–water partition coefficient (Wildman–Crippen LogP) is 1.82. The summed E-state index contributed by atoms with van der Waals surface area (Å²) in [7, 11) is 0. The Morgan fingerprint density at radius 1 is 1.33 bits per heavy atom. The van der Waals surface area contributed by atoms with Crippen LogP contribution in [0.3, 0.4) is 0 Å². The van der Waals surface area contributed by atoms with Crippen LogP contribution >= 0.6 is 11.3 Å². The van der Waals surface area contributed by atoms with Crippen molar-refractivity contribution < 1.29 is 14.4 Å². The lowest BCUT2D eigenvalue weighted by Crippen LogP contribution is -2.42. The van der Waals surface area contributed by atoms with Crippen LogP contribution in [-0.2, 0) is 28.0 Å². The number of carbonyl (C=O) groups excluding carboxylic acids is 3. The summed E-state index contributed by atoms with van der Waals surface area (Å²) in [5.41, 5.74) is 0.819. The van der Waals surface area contributed by atoms with E-state index < -0.39 is 17.5 Å². The molecule has 2 aliphatic rings. The van der Waals surface area contributed by atoms with Gasteiger partial charge in [-0.05, 0) is 30.4 Å². The second-order valence-corrected chi connectivity index (χ2v) is 7.75. The van der Waals surface area contributed by atoms with E-state index in [2.05, 4.69) is 20.8 Å². The molecule has 2 aromatic rings. The van der Waals surface area contributed by atoms with Crippen LogP contribution in [0.2, 0.25) is 0 Å². The smallest absolute Gasteiger partial charge is 0.319 e. The molecule has 1 aliphatic carbocycles. The van der Waals surface area contributed by atoms with E-state index >= 15 is 0 Å². The predicted molar refractivity (Wildman–Crippen MR) is 99.2 cm³/mol. The summed E-state index contributed by atoms with van der Waals surface area (Å²) >= 11 is 1.30. The molecule has 0 unspecified atom stereocenters. The van der Waals surface area contributed by atoms with E-state index in [1.165, 1.54) is 11.3 Å². The summed E-state index contributed by atoms with van der Waals surface area (Å²) in [6.45, 7) is 1.69. The van der Waals surface area contributed by atoms with Crippen molar-refractivity contribution in [3.05, 3.63) is 40.4 Å². The SMILES string of the molecule is CCCc1nnc(NC(=O)CN2C(=O)N[C@]3(CCc4ccccc43)C2=O)s1. The number of amides is 4. The summed E-state index contributed by atoms with van der Waals surface area (Å²) in [5, 5.41) is 14.6. The Hall–Kier alpha value is -2.81. The van der Waals surface area contributed by atoms with Crippen molar-refractivity contribution >= 4 is 34.3 Å². The third-order valence-electron chi connectivity index (χ3n) is 4.90. The molecule has 140 valence electrons. The van der Waals surface area contributed by atoms with E-state index in [-0.39, 0.29) is 12.5 Å². The number of nitrogens with zero attached hydrogens (tertiary/aromatic N) is 3. The van der Waals surface area contributed by atoms with Crippen LogP contribution in [0.15, 0.2) is 24.3 Å². The quantitative estimate of drug-likeness (QED) is 0.764. The van der Waals surface area contributed by atoms with Crippen LogP contribution in [0.25, 0.3) is 0 Å². The highest BCUT2D eigenvalue weighted by Gasteiger charge is 2.55. The van der Waals surface area contributed by atoms with Gasteiger partial charge in [-0.2, -0.15) is 0 Å². The molecule has 1 saturated heterocycles. The first-order valence-corrected chi connectivity index (χ1v) is 9.70. The van der Waals surface area contributed by atoms with Crippen molar-refractivity contribution in [2.75, 3.05) is 11.9 Å². The second kappa shape index (κ2) is 6.73. The van der Waals surface area contributed by atoms with Gasteiger partial charge in [0.05, 0.1) is 0 Å². The molecule has 1 fully saturated rings. The van der Waals surface area contributed by atoms with Gasteiger partial charge in [-0.15, -0.1) is 10.2 Å². The maximum absolute atomic E-state index is 13.0. The van der Waals surface area contributed by atoms with Crippen molar-refractivity contribution in [3.63, 3.8) is 0 Å². The third kappa shape index (κ3) is 2.97. The number of benzene rings is 1. The number of hydrogen-bond acceptors (Lipinski definition) is 6. The number of aromatic nitrogens is 2. The molecule has 2 N–H and O–H groups in total. The number of aryl methyl sites for hydroxylation is 2. The standard InChI is InChI=1S/C18H19N5O3S/c1-2-5-14-21-22-16(27-14)19-13(24)10-23-15(25)18(20-17(23)26)9-8-11-6-3-4-7-12(11)18/h3-4,6-7H,2,5,8-10H2,1H3,(H,20,26)(H,19,22,24)/t18-/m0/s1. The zero-order chi connectivity index (χ0) is 19.0. The van der Waals surface area contributed by atoms with Gasteiger partial charge in [0.2, 0.25) is 11.0 Å². The maximum atomic E-state index is 13.0. The van der Waals surface area contributed by atoms with Gasteiger partial charge in [-0.3, -0.25) is 19.8 Å². The van der Waals surface area contributed by atoms with Crippen LogP contribution < -0.4 is 10.6 Å². The molecular formula is C18H19N5O3S. The monoisotopic (exact) mass is 385 g/mol. The minimum Gasteiger partial charge on any atom is -0.319 e. The summed E-state index contributed by atoms with van der Waals surface area (Å²) in [4.78, 5) is 38.7. The second-order valence-electron chi connectivity index (χ2n) is 6.68. The number of nitrogens with one attached hydrogen (secondary N) is 2. The summed E-state index contributed by atoms with van der Waals surface area (Å²) in [6, 6.07) is 7.04. The Morgan fingerprint density at radius 3 is 2.96 bits per heavy atom. The zero-order valence-electron chi connectivity index (χ0n) is 14.8. The fraction of sp³-hybridized carbons (Fsp3) is 0.389. The Kier molecular flexibility index (Phi) is 4.39. The molecule has 0 bridgehead atoms. The van der Waals surface area contributed by atoms with Crippen molar-refractivity contribution in [1.29, 1.82) is 0 Å².